The number of ether oxygens (including phenoxy) is 2. The molecule has 0 spiro atoms. The van der Waals surface area contributed by atoms with Gasteiger partial charge in [0.1, 0.15) is 5.75 Å². The van der Waals surface area contributed by atoms with Gasteiger partial charge in [0.2, 0.25) is 0 Å². The second kappa shape index (κ2) is 10.5. The first-order chi connectivity index (χ1) is 12.9. The van der Waals surface area contributed by atoms with Crippen molar-refractivity contribution in [3.05, 3.63) is 29.8 Å². The van der Waals surface area contributed by atoms with Crippen LogP contribution in [0.4, 0.5) is 13.2 Å². The highest BCUT2D eigenvalue weighted by Crippen LogP contribution is 2.26. The van der Waals surface area contributed by atoms with Crippen molar-refractivity contribution in [1.29, 1.82) is 0 Å². The first kappa shape index (κ1) is 23.0. The highest BCUT2D eigenvalue weighted by atomic mass is 127. The van der Waals surface area contributed by atoms with Gasteiger partial charge in [0.25, 0.3) is 0 Å². The van der Waals surface area contributed by atoms with Crippen LogP contribution in [0.15, 0.2) is 29.3 Å². The van der Waals surface area contributed by atoms with Gasteiger partial charge in [-0.05, 0) is 25.5 Å². The fourth-order valence-corrected chi connectivity index (χ4v) is 3.49. The van der Waals surface area contributed by atoms with Crippen LogP contribution in [-0.4, -0.2) is 62.7 Å². The molecule has 10 heteroatoms. The van der Waals surface area contributed by atoms with Crippen LogP contribution in [-0.2, 0) is 11.3 Å². The number of para-hydroxylation sites is 1. The zero-order chi connectivity index (χ0) is 19.3. The van der Waals surface area contributed by atoms with Gasteiger partial charge in [0.15, 0.2) is 5.96 Å². The third-order valence-electron chi connectivity index (χ3n) is 4.83. The summed E-state index contributed by atoms with van der Waals surface area (Å²) in [4.78, 5) is 6.58. The highest BCUT2D eigenvalue weighted by Gasteiger charge is 2.33. The second-order valence-electron chi connectivity index (χ2n) is 6.71. The van der Waals surface area contributed by atoms with Crippen molar-refractivity contribution in [2.75, 3.05) is 33.3 Å². The van der Waals surface area contributed by atoms with E-state index in [1.807, 2.05) is 0 Å². The molecule has 0 aromatic heterocycles. The Labute approximate surface area is 179 Å². The molecule has 3 rings (SSSR count). The molecule has 2 heterocycles. The summed E-state index contributed by atoms with van der Waals surface area (Å²) in [6.07, 6.45) is -2.24. The summed E-state index contributed by atoms with van der Waals surface area (Å²) in [5.74, 6) is 0.285. The Hall–Kier alpha value is -1.27. The topological polar surface area (TPSA) is 58.1 Å². The molecular weight excluding hydrogens is 488 g/mol. The Morgan fingerprint density at radius 1 is 1.32 bits per heavy atom. The van der Waals surface area contributed by atoms with Gasteiger partial charge < -0.3 is 20.1 Å². The minimum atomic E-state index is -4.72. The molecule has 2 fully saturated rings. The quantitative estimate of drug-likeness (QED) is 0.360. The van der Waals surface area contributed by atoms with Crippen molar-refractivity contribution >= 4 is 29.9 Å². The van der Waals surface area contributed by atoms with Gasteiger partial charge in [-0.1, -0.05) is 18.2 Å². The van der Waals surface area contributed by atoms with E-state index in [2.05, 4.69) is 25.3 Å². The number of morpholine rings is 1. The number of nitrogens with zero attached hydrogens (tertiary/aromatic N) is 2. The number of benzene rings is 1. The molecule has 6 nitrogen and oxygen atoms in total. The fourth-order valence-electron chi connectivity index (χ4n) is 3.49. The number of rotatable bonds is 5. The Morgan fingerprint density at radius 2 is 2.11 bits per heavy atom. The predicted octanol–water partition coefficient (Wildman–Crippen LogP) is 2.73. The summed E-state index contributed by atoms with van der Waals surface area (Å²) in [5, 5.41) is 6.20. The SMILES string of the molecule is CN=C(NCc1ccccc1OC(F)(F)F)NCC1CN2CCCC2CO1.I. The van der Waals surface area contributed by atoms with Crippen molar-refractivity contribution in [2.45, 2.75) is 37.9 Å². The Kier molecular flexibility index (Phi) is 8.62. The third kappa shape index (κ3) is 6.66. The van der Waals surface area contributed by atoms with Gasteiger partial charge in [-0.3, -0.25) is 9.89 Å². The standard InChI is InChI=1S/C18H25F3N4O2.HI/c1-22-17(24-10-15-11-25-8-4-6-14(25)12-26-15)23-9-13-5-2-3-7-16(13)27-18(19,20)21;/h2-3,5,7,14-15H,4,6,8-12H2,1H3,(H2,22,23,24);1H. The summed E-state index contributed by atoms with van der Waals surface area (Å²) < 4.78 is 47.5. The fraction of sp³-hybridized carbons (Fsp3) is 0.611. The molecule has 28 heavy (non-hydrogen) atoms. The van der Waals surface area contributed by atoms with Crippen molar-refractivity contribution < 1.29 is 22.6 Å². The lowest BCUT2D eigenvalue weighted by Crippen LogP contribution is -2.51. The zero-order valence-electron chi connectivity index (χ0n) is 15.7. The molecule has 0 aliphatic carbocycles. The van der Waals surface area contributed by atoms with Crippen molar-refractivity contribution in [3.8, 4) is 5.75 Å². The predicted molar refractivity (Wildman–Crippen MR) is 111 cm³/mol. The Morgan fingerprint density at radius 3 is 2.86 bits per heavy atom. The van der Waals surface area contributed by atoms with Gasteiger partial charge in [0.05, 0.1) is 12.7 Å². The average molecular weight is 514 g/mol. The van der Waals surface area contributed by atoms with E-state index in [1.54, 1.807) is 19.2 Å². The van der Waals surface area contributed by atoms with Crippen LogP contribution in [0.25, 0.3) is 0 Å². The summed E-state index contributed by atoms with van der Waals surface area (Å²) >= 11 is 0. The van der Waals surface area contributed by atoms with E-state index < -0.39 is 6.36 Å². The van der Waals surface area contributed by atoms with Crippen molar-refractivity contribution in [2.24, 2.45) is 4.99 Å². The van der Waals surface area contributed by atoms with E-state index in [0.29, 0.717) is 24.1 Å². The molecule has 0 radical (unpaired) electrons. The summed E-state index contributed by atoms with van der Waals surface area (Å²) in [5.41, 5.74) is 0.395. The summed E-state index contributed by atoms with van der Waals surface area (Å²) in [6.45, 7) is 3.50. The molecule has 0 bridgehead atoms. The normalized spacial score (nSPS) is 22.9. The summed E-state index contributed by atoms with van der Waals surface area (Å²) in [7, 11) is 1.62. The van der Waals surface area contributed by atoms with E-state index in [4.69, 9.17) is 4.74 Å². The minimum Gasteiger partial charge on any atom is -0.405 e. The zero-order valence-corrected chi connectivity index (χ0v) is 18.0. The van der Waals surface area contributed by atoms with E-state index in [1.165, 1.54) is 25.0 Å². The second-order valence-corrected chi connectivity index (χ2v) is 6.71. The van der Waals surface area contributed by atoms with Gasteiger partial charge in [0, 0.05) is 38.3 Å². The molecule has 2 saturated heterocycles. The molecule has 0 amide bonds. The number of aliphatic imine (C=N–C) groups is 1. The number of hydrogen-bond donors (Lipinski definition) is 2. The van der Waals surface area contributed by atoms with Gasteiger partial charge in [-0.2, -0.15) is 0 Å². The van der Waals surface area contributed by atoms with Crippen LogP contribution in [0, 0.1) is 0 Å². The molecule has 1 aromatic carbocycles. The molecular formula is C18H26F3IN4O2. The first-order valence-electron chi connectivity index (χ1n) is 9.08. The molecule has 1 aromatic rings. The van der Waals surface area contributed by atoms with E-state index in [9.17, 15) is 13.2 Å². The average Bonchev–Trinajstić information content (AvgIpc) is 3.09. The molecule has 2 aliphatic rings. The monoisotopic (exact) mass is 514 g/mol. The van der Waals surface area contributed by atoms with Gasteiger partial charge in [-0.15, -0.1) is 37.1 Å². The van der Waals surface area contributed by atoms with Crippen LogP contribution < -0.4 is 15.4 Å². The van der Waals surface area contributed by atoms with Crippen LogP contribution in [0.1, 0.15) is 18.4 Å². The van der Waals surface area contributed by atoms with E-state index in [0.717, 1.165) is 19.7 Å². The number of guanidine groups is 1. The molecule has 2 unspecified atom stereocenters. The van der Waals surface area contributed by atoms with Crippen LogP contribution >= 0.6 is 24.0 Å². The molecule has 158 valence electrons. The van der Waals surface area contributed by atoms with Crippen molar-refractivity contribution in [3.63, 3.8) is 0 Å². The highest BCUT2D eigenvalue weighted by molar-refractivity contribution is 14.0. The lowest BCUT2D eigenvalue weighted by molar-refractivity contribution is -0.274. The molecule has 0 saturated carbocycles. The van der Waals surface area contributed by atoms with Crippen LogP contribution in [0.5, 0.6) is 5.75 Å². The Bertz CT molecular complexity index is 660. The maximum Gasteiger partial charge on any atom is 0.573 e. The van der Waals surface area contributed by atoms with Crippen LogP contribution in [0.2, 0.25) is 0 Å². The molecule has 2 N–H and O–H groups in total. The lowest BCUT2D eigenvalue weighted by Gasteiger charge is -2.35. The number of fused-ring (bicyclic) bond motifs is 1. The van der Waals surface area contributed by atoms with E-state index >= 15 is 0 Å². The third-order valence-corrected chi connectivity index (χ3v) is 4.83. The maximum absolute atomic E-state index is 12.5. The lowest BCUT2D eigenvalue weighted by atomic mass is 10.2. The van der Waals surface area contributed by atoms with Gasteiger partial charge in [-0.25, -0.2) is 0 Å². The minimum absolute atomic E-state index is 0. The largest absolute Gasteiger partial charge is 0.573 e. The van der Waals surface area contributed by atoms with Crippen LogP contribution in [0.3, 0.4) is 0 Å². The van der Waals surface area contributed by atoms with E-state index in [-0.39, 0.29) is 42.4 Å². The van der Waals surface area contributed by atoms with Crippen molar-refractivity contribution in [1.82, 2.24) is 15.5 Å². The Balaban J connectivity index is 0.00000280. The number of hydrogen-bond acceptors (Lipinski definition) is 4. The van der Waals surface area contributed by atoms with Gasteiger partial charge >= 0.3 is 6.36 Å². The number of nitrogens with one attached hydrogen (secondary N) is 2. The maximum atomic E-state index is 12.5. The molecule has 2 atom stereocenters. The molecule has 2 aliphatic heterocycles. The number of alkyl halides is 3. The summed E-state index contributed by atoms with van der Waals surface area (Å²) in [6, 6.07) is 6.59. The first-order valence-corrected chi connectivity index (χ1v) is 9.08. The number of halogens is 4. The smallest absolute Gasteiger partial charge is 0.405 e.